The molecule has 1 aliphatic heterocycles. The summed E-state index contributed by atoms with van der Waals surface area (Å²) in [7, 11) is -3.72. The second-order valence-corrected chi connectivity index (χ2v) is 10.2. The second kappa shape index (κ2) is 10.5. The summed E-state index contributed by atoms with van der Waals surface area (Å²) in [5.74, 6) is -0.154. The van der Waals surface area contributed by atoms with Gasteiger partial charge in [0, 0.05) is 44.2 Å². The fourth-order valence-corrected chi connectivity index (χ4v) is 5.98. The van der Waals surface area contributed by atoms with Crippen molar-refractivity contribution in [2.75, 3.05) is 26.2 Å². The Labute approximate surface area is 182 Å². The van der Waals surface area contributed by atoms with Crippen LogP contribution in [-0.2, 0) is 19.6 Å². The number of nitrogens with zero attached hydrogens (tertiary/aromatic N) is 2. The Kier molecular flexibility index (Phi) is 8.07. The molecule has 2 fully saturated rings. The van der Waals surface area contributed by atoms with Crippen molar-refractivity contribution in [3.63, 3.8) is 0 Å². The van der Waals surface area contributed by atoms with Gasteiger partial charge in [0.05, 0.1) is 0 Å². The number of hydrogen-bond acceptors (Lipinski definition) is 5. The first-order valence-corrected chi connectivity index (χ1v) is 12.4. The highest BCUT2D eigenvalue weighted by Crippen LogP contribution is 2.27. The maximum atomic E-state index is 12.8. The van der Waals surface area contributed by atoms with Crippen LogP contribution in [0.1, 0.15) is 44.9 Å². The Hall–Kier alpha value is -1.71. The van der Waals surface area contributed by atoms with Crippen molar-refractivity contribution in [3.05, 3.63) is 23.5 Å². The van der Waals surface area contributed by atoms with Gasteiger partial charge in [-0.25, -0.2) is 13.4 Å². The van der Waals surface area contributed by atoms with Gasteiger partial charge in [0.2, 0.25) is 21.8 Å². The van der Waals surface area contributed by atoms with Crippen LogP contribution in [0.5, 0.6) is 0 Å². The van der Waals surface area contributed by atoms with Crippen LogP contribution in [0.2, 0.25) is 5.15 Å². The van der Waals surface area contributed by atoms with Gasteiger partial charge >= 0.3 is 0 Å². The van der Waals surface area contributed by atoms with E-state index in [1.807, 2.05) is 0 Å². The number of rotatable bonds is 7. The molecule has 2 amide bonds. The van der Waals surface area contributed by atoms with Crippen LogP contribution in [0.3, 0.4) is 0 Å². The van der Waals surface area contributed by atoms with E-state index in [0.29, 0.717) is 25.9 Å². The van der Waals surface area contributed by atoms with Gasteiger partial charge in [0.1, 0.15) is 10.0 Å². The molecule has 0 aromatic carbocycles. The van der Waals surface area contributed by atoms with E-state index in [1.165, 1.54) is 29.1 Å². The molecule has 30 heavy (non-hydrogen) atoms. The average molecular weight is 457 g/mol. The molecule has 0 atom stereocenters. The molecule has 166 valence electrons. The predicted molar refractivity (Wildman–Crippen MR) is 113 cm³/mol. The molecule has 0 spiro atoms. The van der Waals surface area contributed by atoms with Crippen molar-refractivity contribution in [2.45, 2.75) is 49.8 Å². The lowest BCUT2D eigenvalue weighted by atomic mass is 9.89. The number of piperidine rings is 1. The molecule has 0 radical (unpaired) electrons. The highest BCUT2D eigenvalue weighted by molar-refractivity contribution is 7.89. The molecule has 8 nitrogen and oxygen atoms in total. The molecule has 10 heteroatoms. The van der Waals surface area contributed by atoms with Crippen LogP contribution >= 0.6 is 11.6 Å². The van der Waals surface area contributed by atoms with Crippen LogP contribution in [0, 0.1) is 11.8 Å². The molecule has 3 rings (SSSR count). The number of amides is 2. The van der Waals surface area contributed by atoms with Crippen molar-refractivity contribution in [3.8, 4) is 0 Å². The number of sulfonamides is 1. The Morgan fingerprint density at radius 2 is 1.57 bits per heavy atom. The van der Waals surface area contributed by atoms with Gasteiger partial charge in [-0.1, -0.05) is 30.9 Å². The minimum atomic E-state index is -3.72. The first-order chi connectivity index (χ1) is 14.4. The number of hydrogen-bond donors (Lipinski definition) is 2. The van der Waals surface area contributed by atoms with Gasteiger partial charge in [-0.15, -0.1) is 0 Å². The van der Waals surface area contributed by atoms with E-state index in [2.05, 4.69) is 15.6 Å². The number of aromatic nitrogens is 1. The number of nitrogens with one attached hydrogen (secondary N) is 2. The zero-order valence-corrected chi connectivity index (χ0v) is 18.6. The average Bonchev–Trinajstić information content (AvgIpc) is 2.77. The van der Waals surface area contributed by atoms with Crippen LogP contribution in [0.15, 0.2) is 23.2 Å². The minimum absolute atomic E-state index is 0.0109. The summed E-state index contributed by atoms with van der Waals surface area (Å²) >= 11 is 5.94. The van der Waals surface area contributed by atoms with E-state index in [0.717, 1.165) is 25.7 Å². The molecular weight excluding hydrogens is 428 g/mol. The number of pyridine rings is 1. The summed E-state index contributed by atoms with van der Waals surface area (Å²) in [4.78, 5) is 28.3. The van der Waals surface area contributed by atoms with Crippen molar-refractivity contribution in [2.24, 2.45) is 11.8 Å². The van der Waals surface area contributed by atoms with Crippen LogP contribution < -0.4 is 10.6 Å². The number of halogens is 1. The molecule has 2 heterocycles. The summed E-state index contributed by atoms with van der Waals surface area (Å²) in [6, 6.07) is 2.97. The van der Waals surface area contributed by atoms with Crippen molar-refractivity contribution in [1.82, 2.24) is 19.9 Å². The fourth-order valence-electron chi connectivity index (χ4n) is 4.09. The Morgan fingerprint density at radius 3 is 2.13 bits per heavy atom. The van der Waals surface area contributed by atoms with Crippen LogP contribution in [0.4, 0.5) is 0 Å². The molecule has 0 unspecified atom stereocenters. The molecular formula is C20H29ClN4O4S. The summed E-state index contributed by atoms with van der Waals surface area (Å²) in [6.45, 7) is 1.29. The zero-order valence-electron chi connectivity index (χ0n) is 17.0. The molecule has 1 saturated heterocycles. The van der Waals surface area contributed by atoms with Gasteiger partial charge < -0.3 is 10.6 Å². The number of carbonyl (C=O) groups excluding carboxylic acids is 2. The lowest BCUT2D eigenvalue weighted by Gasteiger charge is -2.30. The lowest BCUT2D eigenvalue weighted by Crippen LogP contribution is -2.44. The quantitative estimate of drug-likeness (QED) is 0.481. The summed E-state index contributed by atoms with van der Waals surface area (Å²) < 4.78 is 26.9. The Bertz CT molecular complexity index is 850. The lowest BCUT2D eigenvalue weighted by molar-refractivity contribution is -0.127. The fraction of sp³-hybridized carbons (Fsp3) is 0.650. The third-order valence-corrected chi connectivity index (χ3v) is 8.21. The summed E-state index contributed by atoms with van der Waals surface area (Å²) in [6.07, 6.45) is 7.64. The Morgan fingerprint density at radius 1 is 1.00 bits per heavy atom. The molecule has 1 aromatic heterocycles. The Balaban J connectivity index is 1.40. The second-order valence-electron chi connectivity index (χ2n) is 7.89. The van der Waals surface area contributed by atoms with Gasteiger partial charge in [0.15, 0.2) is 0 Å². The topological polar surface area (TPSA) is 108 Å². The molecule has 1 saturated carbocycles. The highest BCUT2D eigenvalue weighted by Gasteiger charge is 2.33. The highest BCUT2D eigenvalue weighted by atomic mass is 35.5. The predicted octanol–water partition coefficient (Wildman–Crippen LogP) is 1.95. The van der Waals surface area contributed by atoms with Gasteiger partial charge in [-0.2, -0.15) is 4.31 Å². The van der Waals surface area contributed by atoms with E-state index in [1.54, 1.807) is 0 Å². The van der Waals surface area contributed by atoms with Crippen molar-refractivity contribution < 1.29 is 18.0 Å². The zero-order chi connectivity index (χ0) is 21.6. The first kappa shape index (κ1) is 23.0. The molecule has 1 aromatic rings. The summed E-state index contributed by atoms with van der Waals surface area (Å²) in [5, 5.41) is 5.71. The smallest absolute Gasteiger partial charge is 0.246 e. The third kappa shape index (κ3) is 5.70. The van der Waals surface area contributed by atoms with Gasteiger partial charge in [-0.3, -0.25) is 9.59 Å². The molecule has 2 N–H and O–H groups in total. The van der Waals surface area contributed by atoms with Gasteiger partial charge in [0.25, 0.3) is 0 Å². The first-order valence-electron chi connectivity index (χ1n) is 10.6. The van der Waals surface area contributed by atoms with E-state index in [9.17, 15) is 18.0 Å². The van der Waals surface area contributed by atoms with Gasteiger partial charge in [-0.05, 0) is 37.8 Å². The monoisotopic (exact) mass is 456 g/mol. The number of carbonyl (C=O) groups is 2. The van der Waals surface area contributed by atoms with E-state index < -0.39 is 10.0 Å². The van der Waals surface area contributed by atoms with Crippen molar-refractivity contribution in [1.29, 1.82) is 0 Å². The SMILES string of the molecule is O=C(NCCNC(=O)C1CCN(S(=O)(=O)c2cccnc2Cl)CC1)C1CCCCC1. The minimum Gasteiger partial charge on any atom is -0.354 e. The normalized spacial score (nSPS) is 19.4. The summed E-state index contributed by atoms with van der Waals surface area (Å²) in [5.41, 5.74) is 0. The van der Waals surface area contributed by atoms with E-state index in [4.69, 9.17) is 11.6 Å². The maximum absolute atomic E-state index is 12.8. The maximum Gasteiger partial charge on any atom is 0.246 e. The molecule has 1 aliphatic carbocycles. The standard InChI is InChI=1S/C20H29ClN4O4S/c21-18-17(7-4-10-22-18)30(28,29)25-13-8-16(9-14-25)20(27)24-12-11-23-19(26)15-5-2-1-3-6-15/h4,7,10,15-16H,1-3,5-6,8-9,11-14H2,(H,23,26)(H,24,27). The molecule has 0 bridgehead atoms. The van der Waals surface area contributed by atoms with Crippen LogP contribution in [0.25, 0.3) is 0 Å². The van der Waals surface area contributed by atoms with E-state index in [-0.39, 0.29) is 46.8 Å². The van der Waals surface area contributed by atoms with E-state index >= 15 is 0 Å². The molecule has 2 aliphatic rings. The van der Waals surface area contributed by atoms with Crippen LogP contribution in [-0.4, -0.2) is 55.7 Å². The third-order valence-electron chi connectivity index (χ3n) is 5.87. The van der Waals surface area contributed by atoms with Crippen molar-refractivity contribution >= 4 is 33.4 Å². The largest absolute Gasteiger partial charge is 0.354 e.